The number of thioether (sulfide) groups is 1. The van der Waals surface area contributed by atoms with Gasteiger partial charge in [-0.15, -0.1) is 11.8 Å². The highest BCUT2D eigenvalue weighted by Crippen LogP contribution is 2.31. The van der Waals surface area contributed by atoms with Crippen molar-refractivity contribution in [1.29, 1.82) is 0 Å². The molecule has 158 valence electrons. The molecule has 0 aliphatic heterocycles. The van der Waals surface area contributed by atoms with Crippen molar-refractivity contribution in [2.75, 3.05) is 10.7 Å². The molecule has 0 fully saturated rings. The minimum absolute atomic E-state index is 0.0260. The van der Waals surface area contributed by atoms with E-state index in [-0.39, 0.29) is 11.7 Å². The number of fused-ring (bicyclic) bond motifs is 1. The van der Waals surface area contributed by atoms with Crippen LogP contribution in [-0.4, -0.2) is 21.6 Å². The molecular formula is C23H19ClFN3OS2. The molecule has 4 nitrogen and oxygen atoms in total. The summed E-state index contributed by atoms with van der Waals surface area (Å²) in [5.41, 5.74) is 1.45. The predicted molar refractivity (Wildman–Crippen MR) is 126 cm³/mol. The Morgan fingerprint density at radius 2 is 1.97 bits per heavy atom. The Hall–Kier alpha value is -2.48. The van der Waals surface area contributed by atoms with Gasteiger partial charge in [-0.05, 0) is 66.8 Å². The van der Waals surface area contributed by atoms with Gasteiger partial charge in [0.2, 0.25) is 5.91 Å². The number of rotatable bonds is 8. The molecular weight excluding hydrogens is 453 g/mol. The Morgan fingerprint density at radius 1 is 1.13 bits per heavy atom. The van der Waals surface area contributed by atoms with Crippen molar-refractivity contribution >= 4 is 56.0 Å². The highest BCUT2D eigenvalue weighted by Gasteiger charge is 2.20. The van der Waals surface area contributed by atoms with Gasteiger partial charge in [-0.2, -0.15) is 0 Å². The third-order valence-corrected chi connectivity index (χ3v) is 6.93. The monoisotopic (exact) mass is 471 g/mol. The van der Waals surface area contributed by atoms with Crippen LogP contribution in [0.1, 0.15) is 18.5 Å². The predicted octanol–water partition coefficient (Wildman–Crippen LogP) is 6.59. The molecule has 0 bridgehead atoms. The summed E-state index contributed by atoms with van der Waals surface area (Å²) >= 11 is 8.93. The fourth-order valence-corrected chi connectivity index (χ4v) is 4.98. The van der Waals surface area contributed by atoms with Gasteiger partial charge in [0.15, 0.2) is 5.13 Å². The molecule has 0 spiro atoms. The van der Waals surface area contributed by atoms with Crippen molar-refractivity contribution in [3.63, 3.8) is 0 Å². The molecule has 0 aliphatic carbocycles. The van der Waals surface area contributed by atoms with Crippen molar-refractivity contribution in [1.82, 2.24) is 9.97 Å². The SMILES string of the molecule is O=C(CCCSc1ccc(Cl)cc1)N(Cc1ccccn1)c1nc2ccc(F)cc2s1. The zero-order valence-electron chi connectivity index (χ0n) is 16.5. The number of amides is 1. The van der Waals surface area contributed by atoms with Gasteiger partial charge < -0.3 is 0 Å². The maximum absolute atomic E-state index is 13.6. The lowest BCUT2D eigenvalue weighted by Crippen LogP contribution is -2.30. The summed E-state index contributed by atoms with van der Waals surface area (Å²) in [5.74, 6) is 0.474. The van der Waals surface area contributed by atoms with Crippen LogP contribution in [0.25, 0.3) is 10.2 Å². The van der Waals surface area contributed by atoms with Crippen LogP contribution in [-0.2, 0) is 11.3 Å². The number of hydrogen-bond donors (Lipinski definition) is 0. The van der Waals surface area contributed by atoms with Gasteiger partial charge in [-0.25, -0.2) is 9.37 Å². The van der Waals surface area contributed by atoms with E-state index in [0.717, 1.165) is 22.8 Å². The van der Waals surface area contributed by atoms with E-state index in [1.807, 2.05) is 42.5 Å². The summed E-state index contributed by atoms with van der Waals surface area (Å²) in [5, 5.41) is 1.27. The van der Waals surface area contributed by atoms with Crippen LogP contribution >= 0.6 is 34.7 Å². The van der Waals surface area contributed by atoms with Gasteiger partial charge in [0.05, 0.1) is 22.5 Å². The minimum Gasteiger partial charge on any atom is -0.282 e. The largest absolute Gasteiger partial charge is 0.282 e. The van der Waals surface area contributed by atoms with Crippen LogP contribution in [0, 0.1) is 5.82 Å². The molecule has 2 heterocycles. The third kappa shape index (κ3) is 5.81. The van der Waals surface area contributed by atoms with Gasteiger partial charge >= 0.3 is 0 Å². The van der Waals surface area contributed by atoms with Gasteiger partial charge in [0.25, 0.3) is 0 Å². The Kier molecular flexibility index (Phi) is 7.17. The van der Waals surface area contributed by atoms with Crippen molar-refractivity contribution in [2.24, 2.45) is 0 Å². The maximum Gasteiger partial charge on any atom is 0.229 e. The average molecular weight is 472 g/mol. The highest BCUT2D eigenvalue weighted by molar-refractivity contribution is 7.99. The molecule has 4 aromatic rings. The summed E-state index contributed by atoms with van der Waals surface area (Å²) in [6.45, 7) is 0.326. The summed E-state index contributed by atoms with van der Waals surface area (Å²) < 4.78 is 14.3. The van der Waals surface area contributed by atoms with Gasteiger partial charge in [0, 0.05) is 22.5 Å². The molecule has 0 radical (unpaired) electrons. The summed E-state index contributed by atoms with van der Waals surface area (Å²) in [6, 6.07) is 17.7. The number of pyridine rings is 1. The van der Waals surface area contributed by atoms with Crippen LogP contribution in [0.15, 0.2) is 71.8 Å². The molecule has 0 saturated heterocycles. The lowest BCUT2D eigenvalue weighted by Gasteiger charge is -2.19. The zero-order chi connectivity index (χ0) is 21.6. The summed E-state index contributed by atoms with van der Waals surface area (Å²) in [4.78, 5) is 24.8. The second-order valence-corrected chi connectivity index (χ2v) is 9.43. The first-order chi connectivity index (χ1) is 15.1. The van der Waals surface area contributed by atoms with E-state index in [1.165, 1.54) is 23.5 Å². The number of anilines is 1. The Balaban J connectivity index is 1.46. The number of carbonyl (C=O) groups is 1. The lowest BCUT2D eigenvalue weighted by atomic mass is 10.2. The molecule has 0 saturated carbocycles. The first kappa shape index (κ1) is 21.7. The Labute approximate surface area is 193 Å². The fraction of sp³-hybridized carbons (Fsp3) is 0.174. The smallest absolute Gasteiger partial charge is 0.229 e. The van der Waals surface area contributed by atoms with Crippen molar-refractivity contribution in [3.8, 4) is 0 Å². The summed E-state index contributed by atoms with van der Waals surface area (Å²) in [7, 11) is 0. The number of aromatic nitrogens is 2. The second kappa shape index (κ2) is 10.2. The Morgan fingerprint density at radius 3 is 2.74 bits per heavy atom. The minimum atomic E-state index is -0.315. The summed E-state index contributed by atoms with van der Waals surface area (Å²) in [6.07, 6.45) is 2.82. The quantitative estimate of drug-likeness (QED) is 0.215. The van der Waals surface area contributed by atoms with Gasteiger partial charge in [0.1, 0.15) is 5.82 Å². The second-order valence-electron chi connectivity index (χ2n) is 6.82. The highest BCUT2D eigenvalue weighted by atomic mass is 35.5. The molecule has 0 aliphatic rings. The van der Waals surface area contributed by atoms with E-state index in [4.69, 9.17) is 11.6 Å². The van der Waals surface area contributed by atoms with Crippen LogP contribution in [0.3, 0.4) is 0 Å². The molecule has 2 aromatic carbocycles. The standard InChI is InChI=1S/C23H19ClFN3OS2/c24-16-6-9-19(10-7-16)30-13-3-5-22(29)28(15-18-4-1-2-12-26-18)23-27-20-11-8-17(25)14-21(20)31-23/h1-2,4,6-12,14H,3,5,13,15H2. The van der Waals surface area contributed by atoms with E-state index in [9.17, 15) is 9.18 Å². The van der Waals surface area contributed by atoms with E-state index in [2.05, 4.69) is 9.97 Å². The molecule has 8 heteroatoms. The van der Waals surface area contributed by atoms with Crippen molar-refractivity contribution in [2.45, 2.75) is 24.3 Å². The third-order valence-electron chi connectivity index (χ3n) is 4.53. The van der Waals surface area contributed by atoms with Gasteiger partial charge in [-0.3, -0.25) is 14.7 Å². The van der Waals surface area contributed by atoms with Gasteiger partial charge in [-0.1, -0.05) is 29.0 Å². The molecule has 4 rings (SSSR count). The molecule has 1 amide bonds. The number of hydrogen-bond acceptors (Lipinski definition) is 5. The Bertz CT molecular complexity index is 1170. The lowest BCUT2D eigenvalue weighted by molar-refractivity contribution is -0.118. The normalized spacial score (nSPS) is 11.0. The fourth-order valence-electron chi connectivity index (χ4n) is 3.00. The molecule has 0 atom stereocenters. The maximum atomic E-state index is 13.6. The van der Waals surface area contributed by atoms with E-state index >= 15 is 0 Å². The van der Waals surface area contributed by atoms with Crippen LogP contribution in [0.4, 0.5) is 9.52 Å². The van der Waals surface area contributed by atoms with Crippen LogP contribution < -0.4 is 4.90 Å². The number of thiazole rings is 1. The van der Waals surface area contributed by atoms with E-state index in [1.54, 1.807) is 28.9 Å². The first-order valence-corrected chi connectivity index (χ1v) is 11.9. The molecule has 0 unspecified atom stereocenters. The molecule has 31 heavy (non-hydrogen) atoms. The number of nitrogens with zero attached hydrogens (tertiary/aromatic N) is 3. The molecule has 0 N–H and O–H groups in total. The number of benzene rings is 2. The van der Waals surface area contributed by atoms with Crippen LogP contribution in [0.2, 0.25) is 5.02 Å². The first-order valence-electron chi connectivity index (χ1n) is 9.73. The van der Waals surface area contributed by atoms with Crippen LogP contribution in [0.5, 0.6) is 0 Å². The number of halogens is 2. The number of carbonyl (C=O) groups excluding carboxylic acids is 1. The molecule has 2 aromatic heterocycles. The topological polar surface area (TPSA) is 46.1 Å². The zero-order valence-corrected chi connectivity index (χ0v) is 18.9. The van der Waals surface area contributed by atoms with E-state index in [0.29, 0.717) is 33.3 Å². The van der Waals surface area contributed by atoms with E-state index < -0.39 is 0 Å². The average Bonchev–Trinajstić information content (AvgIpc) is 3.19. The van der Waals surface area contributed by atoms with Crippen molar-refractivity contribution in [3.05, 3.63) is 83.4 Å². The van der Waals surface area contributed by atoms with Crippen molar-refractivity contribution < 1.29 is 9.18 Å².